The Morgan fingerprint density at radius 2 is 1.67 bits per heavy atom. The number of para-hydroxylation sites is 1. The van der Waals surface area contributed by atoms with E-state index in [1.165, 1.54) is 36.1 Å². The van der Waals surface area contributed by atoms with E-state index in [-0.39, 0.29) is 24.6 Å². The number of benzene rings is 2. The van der Waals surface area contributed by atoms with Crippen LogP contribution in [0.3, 0.4) is 0 Å². The van der Waals surface area contributed by atoms with Gasteiger partial charge >= 0.3 is 6.18 Å². The Hall–Kier alpha value is -2.90. The number of carbonyl (C=O) groups excluding carboxylic acids is 2. The van der Waals surface area contributed by atoms with Crippen molar-refractivity contribution < 1.29 is 27.2 Å². The molecule has 0 aromatic heterocycles. The van der Waals surface area contributed by atoms with E-state index in [2.05, 4.69) is 5.32 Å². The summed E-state index contributed by atoms with van der Waals surface area (Å²) >= 11 is 0. The summed E-state index contributed by atoms with van der Waals surface area (Å²) in [6.45, 7) is 1.06. The molecular formula is C19H18F4N2O2. The van der Waals surface area contributed by atoms with Gasteiger partial charge in [0.1, 0.15) is 5.82 Å². The summed E-state index contributed by atoms with van der Waals surface area (Å²) in [5.74, 6) is -1.51. The lowest BCUT2D eigenvalue weighted by atomic mass is 10.1. The summed E-state index contributed by atoms with van der Waals surface area (Å²) in [5, 5.41) is 2.21. The first-order valence-electron chi connectivity index (χ1n) is 8.13. The molecule has 0 fully saturated rings. The molecule has 144 valence electrons. The second kappa shape index (κ2) is 8.66. The standard InChI is InChI=1S/C19H18F4N2O2/c1-13(26)25(11-10-14-6-8-15(20)9-7-14)12-18(27)24-17-5-3-2-4-16(17)19(21,22)23/h2-9H,10-12H2,1H3,(H,24,27). The second-order valence-corrected chi connectivity index (χ2v) is 5.91. The number of hydrogen-bond donors (Lipinski definition) is 1. The van der Waals surface area contributed by atoms with Crippen LogP contribution in [0.1, 0.15) is 18.1 Å². The summed E-state index contributed by atoms with van der Waals surface area (Å²) in [4.78, 5) is 25.1. The number of amides is 2. The molecular weight excluding hydrogens is 364 g/mol. The number of rotatable bonds is 6. The van der Waals surface area contributed by atoms with Gasteiger partial charge in [0.15, 0.2) is 0 Å². The van der Waals surface area contributed by atoms with E-state index in [0.717, 1.165) is 17.7 Å². The van der Waals surface area contributed by atoms with Crippen molar-refractivity contribution in [1.29, 1.82) is 0 Å². The molecule has 27 heavy (non-hydrogen) atoms. The van der Waals surface area contributed by atoms with Gasteiger partial charge < -0.3 is 10.2 Å². The summed E-state index contributed by atoms with van der Waals surface area (Å²) in [6, 6.07) is 10.3. The molecule has 8 heteroatoms. The maximum absolute atomic E-state index is 13.0. The molecule has 0 bridgehead atoms. The average Bonchev–Trinajstić information content (AvgIpc) is 2.59. The Morgan fingerprint density at radius 3 is 2.26 bits per heavy atom. The quantitative estimate of drug-likeness (QED) is 0.771. The van der Waals surface area contributed by atoms with Crippen LogP contribution < -0.4 is 5.32 Å². The van der Waals surface area contributed by atoms with Crippen molar-refractivity contribution in [2.24, 2.45) is 0 Å². The minimum atomic E-state index is -4.60. The highest BCUT2D eigenvalue weighted by Crippen LogP contribution is 2.34. The molecule has 2 rings (SSSR count). The van der Waals surface area contributed by atoms with E-state index in [1.54, 1.807) is 12.1 Å². The predicted octanol–water partition coefficient (Wildman–Crippen LogP) is 3.87. The van der Waals surface area contributed by atoms with Crippen molar-refractivity contribution in [3.8, 4) is 0 Å². The van der Waals surface area contributed by atoms with Gasteiger partial charge in [-0.15, -0.1) is 0 Å². The number of halogens is 4. The molecule has 0 saturated heterocycles. The molecule has 0 spiro atoms. The zero-order valence-corrected chi connectivity index (χ0v) is 14.5. The fourth-order valence-electron chi connectivity index (χ4n) is 2.47. The van der Waals surface area contributed by atoms with Crippen molar-refractivity contribution in [1.82, 2.24) is 4.90 Å². The molecule has 0 atom stereocenters. The molecule has 0 aliphatic heterocycles. The largest absolute Gasteiger partial charge is 0.418 e. The van der Waals surface area contributed by atoms with Crippen LogP contribution in [0, 0.1) is 5.82 Å². The van der Waals surface area contributed by atoms with Gasteiger partial charge in [0.25, 0.3) is 0 Å². The highest BCUT2D eigenvalue weighted by atomic mass is 19.4. The van der Waals surface area contributed by atoms with E-state index in [9.17, 15) is 27.2 Å². The predicted molar refractivity (Wildman–Crippen MR) is 92.4 cm³/mol. The highest BCUT2D eigenvalue weighted by Gasteiger charge is 2.33. The molecule has 0 radical (unpaired) electrons. The van der Waals surface area contributed by atoms with Gasteiger partial charge in [-0.3, -0.25) is 9.59 Å². The zero-order chi connectivity index (χ0) is 20.0. The fraction of sp³-hybridized carbons (Fsp3) is 0.263. The first-order chi connectivity index (χ1) is 12.7. The normalized spacial score (nSPS) is 11.1. The number of nitrogens with one attached hydrogen (secondary N) is 1. The van der Waals surface area contributed by atoms with E-state index in [0.29, 0.717) is 6.42 Å². The minimum Gasteiger partial charge on any atom is -0.333 e. The van der Waals surface area contributed by atoms with Gasteiger partial charge in [0.2, 0.25) is 11.8 Å². The van der Waals surface area contributed by atoms with Crippen LogP contribution in [0.4, 0.5) is 23.2 Å². The van der Waals surface area contributed by atoms with Gasteiger partial charge in [-0.2, -0.15) is 13.2 Å². The smallest absolute Gasteiger partial charge is 0.333 e. The van der Waals surface area contributed by atoms with Gasteiger partial charge in [-0.1, -0.05) is 24.3 Å². The maximum Gasteiger partial charge on any atom is 0.418 e. The molecule has 2 amide bonds. The summed E-state index contributed by atoms with van der Waals surface area (Å²) in [5.41, 5.74) is -0.554. The number of alkyl halides is 3. The zero-order valence-electron chi connectivity index (χ0n) is 14.5. The van der Waals surface area contributed by atoms with Gasteiger partial charge in [-0.25, -0.2) is 4.39 Å². The molecule has 0 aliphatic rings. The van der Waals surface area contributed by atoms with Crippen LogP contribution in [0.25, 0.3) is 0 Å². The van der Waals surface area contributed by atoms with E-state index in [1.807, 2.05) is 0 Å². The topological polar surface area (TPSA) is 49.4 Å². The molecule has 0 unspecified atom stereocenters. The third-order valence-corrected chi connectivity index (χ3v) is 3.87. The average molecular weight is 382 g/mol. The van der Waals surface area contributed by atoms with Crippen molar-refractivity contribution in [2.75, 3.05) is 18.4 Å². The molecule has 2 aromatic rings. The Morgan fingerprint density at radius 1 is 1.04 bits per heavy atom. The van der Waals surface area contributed by atoms with E-state index >= 15 is 0 Å². The van der Waals surface area contributed by atoms with E-state index < -0.39 is 23.6 Å². The van der Waals surface area contributed by atoms with E-state index in [4.69, 9.17) is 0 Å². The highest BCUT2D eigenvalue weighted by molar-refractivity contribution is 5.95. The number of hydrogen-bond acceptors (Lipinski definition) is 2. The van der Waals surface area contributed by atoms with Crippen molar-refractivity contribution >= 4 is 17.5 Å². The first kappa shape index (κ1) is 20.4. The third-order valence-electron chi connectivity index (χ3n) is 3.87. The van der Waals surface area contributed by atoms with Crippen molar-refractivity contribution in [3.63, 3.8) is 0 Å². The van der Waals surface area contributed by atoms with Crippen LogP contribution >= 0.6 is 0 Å². The second-order valence-electron chi connectivity index (χ2n) is 5.91. The van der Waals surface area contributed by atoms with Crippen LogP contribution in [-0.4, -0.2) is 29.8 Å². The molecule has 2 aromatic carbocycles. The van der Waals surface area contributed by atoms with Crippen LogP contribution in [0.15, 0.2) is 48.5 Å². The Bertz CT molecular complexity index is 804. The summed E-state index contributed by atoms with van der Waals surface area (Å²) in [7, 11) is 0. The SMILES string of the molecule is CC(=O)N(CCc1ccc(F)cc1)CC(=O)Nc1ccccc1C(F)(F)F. The maximum atomic E-state index is 13.0. The summed E-state index contributed by atoms with van der Waals surface area (Å²) in [6.07, 6.45) is -4.22. The lowest BCUT2D eigenvalue weighted by Crippen LogP contribution is -2.38. The monoisotopic (exact) mass is 382 g/mol. The number of nitrogens with zero attached hydrogens (tertiary/aromatic N) is 1. The van der Waals surface area contributed by atoms with Gasteiger partial charge in [0, 0.05) is 13.5 Å². The summed E-state index contributed by atoms with van der Waals surface area (Å²) < 4.78 is 51.9. The fourth-order valence-corrected chi connectivity index (χ4v) is 2.47. The Balaban J connectivity index is 2.01. The van der Waals surface area contributed by atoms with Gasteiger partial charge in [0.05, 0.1) is 17.8 Å². The third kappa shape index (κ3) is 6.09. The lowest BCUT2D eigenvalue weighted by Gasteiger charge is -2.21. The minimum absolute atomic E-state index is 0.176. The van der Waals surface area contributed by atoms with Crippen LogP contribution in [-0.2, 0) is 22.2 Å². The molecule has 0 heterocycles. The number of carbonyl (C=O) groups is 2. The van der Waals surface area contributed by atoms with Crippen molar-refractivity contribution in [3.05, 3.63) is 65.5 Å². The van der Waals surface area contributed by atoms with Crippen LogP contribution in [0.2, 0.25) is 0 Å². The van der Waals surface area contributed by atoms with Gasteiger partial charge in [-0.05, 0) is 36.2 Å². The molecule has 1 N–H and O–H groups in total. The van der Waals surface area contributed by atoms with Crippen LogP contribution in [0.5, 0.6) is 0 Å². The molecule has 0 aliphatic carbocycles. The number of anilines is 1. The Labute approximate surface area is 153 Å². The lowest BCUT2D eigenvalue weighted by molar-refractivity contribution is -0.137. The molecule has 4 nitrogen and oxygen atoms in total. The first-order valence-corrected chi connectivity index (χ1v) is 8.13. The Kier molecular flexibility index (Phi) is 6.55. The van der Waals surface area contributed by atoms with Crippen molar-refractivity contribution in [2.45, 2.75) is 19.5 Å². The molecule has 0 saturated carbocycles.